The molecule has 4 N–H and O–H groups in total. The molecule has 2 aromatic rings. The van der Waals surface area contributed by atoms with E-state index in [1.807, 2.05) is 18.2 Å². The molecule has 0 unspecified atom stereocenters. The van der Waals surface area contributed by atoms with Gasteiger partial charge in [0.15, 0.2) is 5.96 Å². The lowest BCUT2D eigenvalue weighted by atomic mass is 10.1. The molecule has 0 saturated heterocycles. The van der Waals surface area contributed by atoms with Crippen LogP contribution in [-0.2, 0) is 23.0 Å². The lowest BCUT2D eigenvalue weighted by Gasteiger charge is -2.12. The van der Waals surface area contributed by atoms with Gasteiger partial charge in [-0.1, -0.05) is 42.5 Å². The van der Waals surface area contributed by atoms with Crippen molar-refractivity contribution in [3.63, 3.8) is 0 Å². The highest BCUT2D eigenvalue weighted by atomic mass is 127. The number of nitrogens with two attached hydrogens (primary N) is 1. The highest BCUT2D eigenvalue weighted by molar-refractivity contribution is 14.0. The van der Waals surface area contributed by atoms with Gasteiger partial charge >= 0.3 is 0 Å². The molecule has 8 heteroatoms. The van der Waals surface area contributed by atoms with Gasteiger partial charge in [0.1, 0.15) is 0 Å². The molecule has 0 aliphatic heterocycles. The van der Waals surface area contributed by atoms with Gasteiger partial charge in [-0.05, 0) is 36.1 Å². The maximum atomic E-state index is 11.2. The van der Waals surface area contributed by atoms with E-state index >= 15 is 0 Å². The third kappa shape index (κ3) is 7.71. The van der Waals surface area contributed by atoms with Crippen molar-refractivity contribution in [3.8, 4) is 0 Å². The second-order valence-corrected chi connectivity index (χ2v) is 7.19. The number of primary sulfonamides is 1. The molecule has 0 heterocycles. The molecule has 6 nitrogen and oxygen atoms in total. The van der Waals surface area contributed by atoms with E-state index in [0.717, 1.165) is 24.9 Å². The van der Waals surface area contributed by atoms with Crippen LogP contribution in [0.4, 0.5) is 0 Å². The molecule has 0 aliphatic rings. The van der Waals surface area contributed by atoms with E-state index in [-0.39, 0.29) is 28.9 Å². The van der Waals surface area contributed by atoms with E-state index in [1.165, 1.54) is 17.7 Å². The van der Waals surface area contributed by atoms with Crippen LogP contribution < -0.4 is 15.8 Å². The Morgan fingerprint density at radius 1 is 1.00 bits per heavy atom. The van der Waals surface area contributed by atoms with Crippen molar-refractivity contribution in [2.45, 2.75) is 24.3 Å². The minimum Gasteiger partial charge on any atom is -0.356 e. The van der Waals surface area contributed by atoms with Crippen molar-refractivity contribution in [1.82, 2.24) is 10.6 Å². The van der Waals surface area contributed by atoms with Gasteiger partial charge in [0, 0.05) is 20.1 Å². The Morgan fingerprint density at radius 2 is 1.65 bits per heavy atom. The predicted molar refractivity (Wildman–Crippen MR) is 116 cm³/mol. The smallest absolute Gasteiger partial charge is 0.238 e. The number of rotatable bonds is 7. The van der Waals surface area contributed by atoms with Gasteiger partial charge in [-0.15, -0.1) is 24.0 Å². The quantitative estimate of drug-likeness (QED) is 0.241. The average molecular weight is 488 g/mol. The molecule has 0 bridgehead atoms. The molecule has 0 aliphatic carbocycles. The Labute approximate surface area is 172 Å². The number of hydrogen-bond acceptors (Lipinski definition) is 3. The van der Waals surface area contributed by atoms with Crippen LogP contribution in [0.3, 0.4) is 0 Å². The van der Waals surface area contributed by atoms with Crippen molar-refractivity contribution in [3.05, 3.63) is 65.7 Å². The molecule has 142 valence electrons. The summed E-state index contributed by atoms with van der Waals surface area (Å²) in [6, 6.07) is 16.8. The minimum atomic E-state index is -3.65. The molecule has 0 saturated carbocycles. The third-order valence-corrected chi connectivity index (χ3v) is 4.64. The zero-order valence-corrected chi connectivity index (χ0v) is 17.8. The summed E-state index contributed by atoms with van der Waals surface area (Å²) in [4.78, 5) is 4.29. The second-order valence-electron chi connectivity index (χ2n) is 5.63. The number of guanidine groups is 1. The summed E-state index contributed by atoms with van der Waals surface area (Å²) in [5.74, 6) is 0.712. The Morgan fingerprint density at radius 3 is 2.23 bits per heavy atom. The molecule has 2 aromatic carbocycles. The van der Waals surface area contributed by atoms with E-state index < -0.39 is 10.0 Å². The Kier molecular flexibility index (Phi) is 9.60. The monoisotopic (exact) mass is 488 g/mol. The van der Waals surface area contributed by atoms with Gasteiger partial charge in [0.05, 0.1) is 4.90 Å². The molecule has 26 heavy (non-hydrogen) atoms. The molecule has 0 radical (unpaired) electrons. The molecule has 0 amide bonds. The van der Waals surface area contributed by atoms with Crippen LogP contribution in [0.1, 0.15) is 17.5 Å². The lowest BCUT2D eigenvalue weighted by Crippen LogP contribution is -2.37. The van der Waals surface area contributed by atoms with Crippen molar-refractivity contribution in [2.75, 3.05) is 13.6 Å². The summed E-state index contributed by atoms with van der Waals surface area (Å²) >= 11 is 0. The first-order chi connectivity index (χ1) is 12.0. The molecule has 0 aromatic heterocycles. The van der Waals surface area contributed by atoms with Crippen LogP contribution in [-0.4, -0.2) is 28.0 Å². The lowest BCUT2D eigenvalue weighted by molar-refractivity contribution is 0.597. The maximum Gasteiger partial charge on any atom is 0.238 e. The van der Waals surface area contributed by atoms with Crippen LogP contribution in [0.5, 0.6) is 0 Å². The fourth-order valence-electron chi connectivity index (χ4n) is 2.35. The van der Waals surface area contributed by atoms with E-state index in [4.69, 9.17) is 5.14 Å². The summed E-state index contributed by atoms with van der Waals surface area (Å²) in [5, 5.41) is 11.6. The number of hydrogen-bond donors (Lipinski definition) is 3. The average Bonchev–Trinajstić information content (AvgIpc) is 2.61. The Balaban J connectivity index is 0.00000338. The van der Waals surface area contributed by atoms with E-state index in [2.05, 4.69) is 27.8 Å². The van der Waals surface area contributed by atoms with Gasteiger partial charge < -0.3 is 10.6 Å². The number of benzene rings is 2. The van der Waals surface area contributed by atoms with E-state index in [1.54, 1.807) is 19.2 Å². The van der Waals surface area contributed by atoms with Gasteiger partial charge in [-0.2, -0.15) is 0 Å². The molecule has 0 fully saturated rings. The fourth-order valence-corrected chi connectivity index (χ4v) is 2.86. The van der Waals surface area contributed by atoms with Gasteiger partial charge in [-0.3, -0.25) is 4.99 Å². The number of aliphatic imine (C=N–C) groups is 1. The van der Waals surface area contributed by atoms with Gasteiger partial charge in [0.25, 0.3) is 0 Å². The molecular formula is C18H25IN4O2S. The SMILES string of the molecule is CN=C(NCCCc1ccccc1)NCc1ccc(S(N)(=O)=O)cc1.I. The maximum absolute atomic E-state index is 11.2. The fraction of sp³-hybridized carbons (Fsp3) is 0.278. The number of nitrogens with one attached hydrogen (secondary N) is 2. The number of halogens is 1. The first-order valence-electron chi connectivity index (χ1n) is 8.09. The van der Waals surface area contributed by atoms with Crippen molar-refractivity contribution in [1.29, 1.82) is 0 Å². The zero-order valence-electron chi connectivity index (χ0n) is 14.7. The Hall–Kier alpha value is -1.65. The number of aryl methyl sites for hydroxylation is 1. The third-order valence-electron chi connectivity index (χ3n) is 3.71. The largest absolute Gasteiger partial charge is 0.356 e. The van der Waals surface area contributed by atoms with Gasteiger partial charge in [-0.25, -0.2) is 13.6 Å². The predicted octanol–water partition coefficient (Wildman–Crippen LogP) is 2.25. The molecule has 2 rings (SSSR count). The van der Waals surface area contributed by atoms with Gasteiger partial charge in [0.2, 0.25) is 10.0 Å². The topological polar surface area (TPSA) is 96.6 Å². The minimum absolute atomic E-state index is 0. The normalized spacial score (nSPS) is 11.5. The van der Waals surface area contributed by atoms with Crippen LogP contribution >= 0.6 is 24.0 Å². The number of nitrogens with zero attached hydrogens (tertiary/aromatic N) is 1. The van der Waals surface area contributed by atoms with Crippen molar-refractivity contribution < 1.29 is 8.42 Å². The molecular weight excluding hydrogens is 463 g/mol. The van der Waals surface area contributed by atoms with E-state index in [9.17, 15) is 8.42 Å². The first kappa shape index (κ1) is 22.4. The van der Waals surface area contributed by atoms with Crippen molar-refractivity contribution in [2.24, 2.45) is 10.1 Å². The highest BCUT2D eigenvalue weighted by Crippen LogP contribution is 2.08. The summed E-state index contributed by atoms with van der Waals surface area (Å²) in [6.45, 7) is 1.36. The van der Waals surface area contributed by atoms with Crippen LogP contribution in [0.25, 0.3) is 0 Å². The van der Waals surface area contributed by atoms with Crippen LogP contribution in [0, 0.1) is 0 Å². The summed E-state index contributed by atoms with van der Waals surface area (Å²) < 4.78 is 22.5. The van der Waals surface area contributed by atoms with Crippen molar-refractivity contribution >= 4 is 40.0 Å². The standard InChI is InChI=1S/C18H24N4O2S.HI/c1-20-18(21-13-5-8-15-6-3-2-4-7-15)22-14-16-9-11-17(12-10-16)25(19,23)24;/h2-4,6-7,9-12H,5,8,13-14H2,1H3,(H2,19,23,24)(H2,20,21,22);1H. The number of sulfonamides is 1. The van der Waals surface area contributed by atoms with Crippen LogP contribution in [0.15, 0.2) is 64.5 Å². The second kappa shape index (κ2) is 11.1. The Bertz CT molecular complexity index is 794. The van der Waals surface area contributed by atoms with Crippen LogP contribution in [0.2, 0.25) is 0 Å². The zero-order chi connectivity index (χ0) is 18.1. The van der Waals surface area contributed by atoms with E-state index in [0.29, 0.717) is 12.5 Å². The molecule has 0 atom stereocenters. The summed E-state index contributed by atoms with van der Waals surface area (Å²) in [5.41, 5.74) is 2.27. The summed E-state index contributed by atoms with van der Waals surface area (Å²) in [7, 11) is -1.93. The molecule has 0 spiro atoms. The summed E-state index contributed by atoms with van der Waals surface area (Å²) in [6.07, 6.45) is 2.02. The first-order valence-corrected chi connectivity index (χ1v) is 9.64. The highest BCUT2D eigenvalue weighted by Gasteiger charge is 2.06.